The molecular weight excluding hydrogens is 228 g/mol. The van der Waals surface area contributed by atoms with Gasteiger partial charge in [-0.3, -0.25) is 0 Å². The maximum atomic E-state index is 2.33. The van der Waals surface area contributed by atoms with Gasteiger partial charge >= 0.3 is 0 Å². The van der Waals surface area contributed by atoms with Crippen LogP contribution < -0.4 is 0 Å². The lowest BCUT2D eigenvalue weighted by molar-refractivity contribution is 1.02. The molecule has 0 atom stereocenters. The fraction of sp³-hybridized carbons (Fsp3) is 0.158. The van der Waals surface area contributed by atoms with E-state index in [9.17, 15) is 0 Å². The van der Waals surface area contributed by atoms with Gasteiger partial charge in [0.25, 0.3) is 0 Å². The van der Waals surface area contributed by atoms with Gasteiger partial charge in [0.2, 0.25) is 0 Å². The molecule has 0 heterocycles. The van der Waals surface area contributed by atoms with E-state index >= 15 is 0 Å². The molecule has 0 aromatic heterocycles. The van der Waals surface area contributed by atoms with E-state index < -0.39 is 0 Å². The molecular formula is C19H16. The summed E-state index contributed by atoms with van der Waals surface area (Å²) in [5, 5.41) is 2.98. The molecule has 0 amide bonds. The van der Waals surface area contributed by atoms with Crippen molar-refractivity contribution in [3.8, 4) is 0 Å². The van der Waals surface area contributed by atoms with Crippen LogP contribution in [0, 0.1) is 0 Å². The van der Waals surface area contributed by atoms with Crippen molar-refractivity contribution in [2.75, 3.05) is 0 Å². The van der Waals surface area contributed by atoms with Gasteiger partial charge in [-0.2, -0.15) is 0 Å². The monoisotopic (exact) mass is 244 g/mol. The van der Waals surface area contributed by atoms with Crippen molar-refractivity contribution in [1.29, 1.82) is 0 Å². The van der Waals surface area contributed by atoms with E-state index in [-0.39, 0.29) is 0 Å². The number of hydrogen-bond donors (Lipinski definition) is 0. The fourth-order valence-corrected chi connectivity index (χ4v) is 3.28. The molecule has 0 saturated carbocycles. The van der Waals surface area contributed by atoms with Gasteiger partial charge in [-0.1, -0.05) is 60.7 Å². The Balaban J connectivity index is 1.88. The minimum Gasteiger partial charge on any atom is -0.0622 e. The Labute approximate surface area is 113 Å². The van der Waals surface area contributed by atoms with Crippen LogP contribution in [-0.4, -0.2) is 0 Å². The van der Waals surface area contributed by atoms with Crippen molar-refractivity contribution in [2.24, 2.45) is 0 Å². The number of benzene rings is 3. The standard InChI is InChI=1S/C19H16/c1-2-5-14(6-3-1)13-17-12-11-16-10-9-15-7-4-8-18(17)19(15)16/h1-8,11-12H,9-10,13H2. The largest absolute Gasteiger partial charge is 0.0622 e. The number of rotatable bonds is 2. The molecule has 4 rings (SSSR count). The lowest BCUT2D eigenvalue weighted by Gasteiger charge is -2.09. The molecule has 92 valence electrons. The summed E-state index contributed by atoms with van der Waals surface area (Å²) in [5.74, 6) is 0. The molecule has 0 aliphatic heterocycles. The van der Waals surface area contributed by atoms with E-state index in [4.69, 9.17) is 0 Å². The zero-order valence-electron chi connectivity index (χ0n) is 10.9. The van der Waals surface area contributed by atoms with Crippen LogP contribution in [0.25, 0.3) is 10.8 Å². The molecule has 19 heavy (non-hydrogen) atoms. The van der Waals surface area contributed by atoms with Crippen molar-refractivity contribution >= 4 is 10.8 Å². The third kappa shape index (κ3) is 1.76. The van der Waals surface area contributed by atoms with Crippen LogP contribution in [-0.2, 0) is 19.3 Å². The predicted octanol–water partition coefficient (Wildman–Crippen LogP) is 4.53. The Bertz CT molecular complexity index is 728. The molecule has 0 unspecified atom stereocenters. The highest BCUT2D eigenvalue weighted by molar-refractivity contribution is 5.93. The Kier molecular flexibility index (Phi) is 2.41. The van der Waals surface area contributed by atoms with E-state index in [2.05, 4.69) is 60.7 Å². The maximum absolute atomic E-state index is 2.33. The average Bonchev–Trinajstić information content (AvgIpc) is 2.88. The second kappa shape index (κ2) is 4.24. The van der Waals surface area contributed by atoms with Crippen LogP contribution >= 0.6 is 0 Å². The molecule has 0 heteroatoms. The molecule has 0 nitrogen and oxygen atoms in total. The highest BCUT2D eigenvalue weighted by atomic mass is 14.2. The lowest BCUT2D eigenvalue weighted by Crippen LogP contribution is -1.91. The topological polar surface area (TPSA) is 0 Å². The van der Waals surface area contributed by atoms with Gasteiger partial charge in [0.15, 0.2) is 0 Å². The van der Waals surface area contributed by atoms with Crippen LogP contribution in [0.5, 0.6) is 0 Å². The number of hydrogen-bond acceptors (Lipinski definition) is 0. The zero-order valence-corrected chi connectivity index (χ0v) is 10.9. The van der Waals surface area contributed by atoms with E-state index in [0.29, 0.717) is 0 Å². The first kappa shape index (κ1) is 10.8. The molecule has 0 saturated heterocycles. The molecule has 0 spiro atoms. The third-order valence-corrected chi connectivity index (χ3v) is 4.20. The third-order valence-electron chi connectivity index (χ3n) is 4.20. The highest BCUT2D eigenvalue weighted by Crippen LogP contribution is 2.33. The Hall–Kier alpha value is -2.08. The maximum Gasteiger partial charge on any atom is -0.00196 e. The van der Waals surface area contributed by atoms with Crippen LogP contribution in [0.2, 0.25) is 0 Å². The Morgan fingerprint density at radius 1 is 0.684 bits per heavy atom. The quantitative estimate of drug-likeness (QED) is 0.621. The van der Waals surface area contributed by atoms with E-state index in [1.165, 1.54) is 45.9 Å². The first-order chi connectivity index (χ1) is 9.42. The smallest absolute Gasteiger partial charge is 0.00196 e. The predicted molar refractivity (Wildman–Crippen MR) is 80.6 cm³/mol. The molecule has 3 aromatic carbocycles. The summed E-state index contributed by atoms with van der Waals surface area (Å²) in [5.41, 5.74) is 5.90. The first-order valence-electron chi connectivity index (χ1n) is 6.98. The van der Waals surface area contributed by atoms with Gasteiger partial charge in [-0.25, -0.2) is 0 Å². The minimum absolute atomic E-state index is 1.03. The fourth-order valence-electron chi connectivity index (χ4n) is 3.28. The van der Waals surface area contributed by atoms with Crippen molar-refractivity contribution in [3.05, 3.63) is 82.9 Å². The molecule has 1 aliphatic rings. The van der Waals surface area contributed by atoms with Crippen molar-refractivity contribution in [3.63, 3.8) is 0 Å². The zero-order chi connectivity index (χ0) is 12.7. The van der Waals surface area contributed by atoms with E-state index in [0.717, 1.165) is 6.42 Å². The van der Waals surface area contributed by atoms with Gasteiger partial charge in [-0.05, 0) is 52.3 Å². The van der Waals surface area contributed by atoms with Crippen molar-refractivity contribution in [2.45, 2.75) is 19.3 Å². The van der Waals surface area contributed by atoms with Crippen LogP contribution in [0.4, 0.5) is 0 Å². The normalized spacial score (nSPS) is 13.1. The van der Waals surface area contributed by atoms with Crippen LogP contribution in [0.15, 0.2) is 60.7 Å². The minimum atomic E-state index is 1.03. The SMILES string of the molecule is c1ccc(Cc2ccc3c4c(cccc24)CC3)cc1. The Morgan fingerprint density at radius 3 is 2.32 bits per heavy atom. The lowest BCUT2D eigenvalue weighted by atomic mass is 9.96. The van der Waals surface area contributed by atoms with Gasteiger partial charge in [-0.15, -0.1) is 0 Å². The second-order valence-corrected chi connectivity index (χ2v) is 5.39. The summed E-state index contributed by atoms with van der Waals surface area (Å²) in [6, 6.07) is 22.2. The van der Waals surface area contributed by atoms with E-state index in [1.54, 1.807) is 0 Å². The van der Waals surface area contributed by atoms with Gasteiger partial charge < -0.3 is 0 Å². The number of aryl methyl sites for hydroxylation is 2. The van der Waals surface area contributed by atoms with Crippen molar-refractivity contribution < 1.29 is 0 Å². The summed E-state index contributed by atoms with van der Waals surface area (Å²) >= 11 is 0. The van der Waals surface area contributed by atoms with Crippen LogP contribution in [0.1, 0.15) is 22.3 Å². The molecule has 0 radical (unpaired) electrons. The summed E-state index contributed by atoms with van der Waals surface area (Å²) in [4.78, 5) is 0. The molecule has 0 bridgehead atoms. The van der Waals surface area contributed by atoms with Gasteiger partial charge in [0.1, 0.15) is 0 Å². The highest BCUT2D eigenvalue weighted by Gasteiger charge is 2.15. The molecule has 0 fully saturated rings. The second-order valence-electron chi connectivity index (χ2n) is 5.39. The average molecular weight is 244 g/mol. The van der Waals surface area contributed by atoms with Crippen LogP contribution in [0.3, 0.4) is 0 Å². The molecule has 0 N–H and O–H groups in total. The molecule has 3 aromatic rings. The van der Waals surface area contributed by atoms with Gasteiger partial charge in [0.05, 0.1) is 0 Å². The summed E-state index contributed by atoms with van der Waals surface area (Å²) in [7, 11) is 0. The summed E-state index contributed by atoms with van der Waals surface area (Å²) < 4.78 is 0. The summed E-state index contributed by atoms with van der Waals surface area (Å²) in [6.45, 7) is 0. The summed E-state index contributed by atoms with van der Waals surface area (Å²) in [6.07, 6.45) is 3.45. The first-order valence-corrected chi connectivity index (χ1v) is 6.98. The van der Waals surface area contributed by atoms with Crippen molar-refractivity contribution in [1.82, 2.24) is 0 Å². The van der Waals surface area contributed by atoms with Gasteiger partial charge in [0, 0.05) is 0 Å². The molecule has 1 aliphatic carbocycles. The van der Waals surface area contributed by atoms with E-state index in [1.807, 2.05) is 0 Å². The Morgan fingerprint density at radius 2 is 1.47 bits per heavy atom.